The summed E-state index contributed by atoms with van der Waals surface area (Å²) in [6, 6.07) is 0.194. The first-order chi connectivity index (χ1) is 9.16. The number of amides is 1. The number of carbonyl (C=O) groups excluding carboxylic acids is 1. The standard InChI is InChI=1S/C16H31NO3/c1-11(2)10-15(18)14(7)8-9-20-16(19)17(12(3)4)13(5)6/h8-9,11-15,18H,10H2,1-7H3/b9-8-/t14-,15+/m0/s1. The van der Waals surface area contributed by atoms with E-state index < -0.39 is 6.10 Å². The van der Waals surface area contributed by atoms with Crippen molar-refractivity contribution in [1.29, 1.82) is 0 Å². The molecule has 0 aromatic carbocycles. The molecule has 2 atom stereocenters. The molecule has 0 rings (SSSR count). The minimum absolute atomic E-state index is 0.0308. The third kappa shape index (κ3) is 6.94. The number of aliphatic hydroxyl groups is 1. The van der Waals surface area contributed by atoms with Gasteiger partial charge in [-0.05, 0) is 46.1 Å². The molecule has 0 spiro atoms. The SMILES string of the molecule is CC(C)C[C@@H](O)[C@@H](C)/C=C\OC(=O)N(C(C)C)C(C)C. The first-order valence-electron chi connectivity index (χ1n) is 7.50. The maximum atomic E-state index is 11.9. The first-order valence-corrected chi connectivity index (χ1v) is 7.50. The molecule has 118 valence electrons. The lowest BCUT2D eigenvalue weighted by atomic mass is 9.96. The smallest absolute Gasteiger partial charge is 0.415 e. The Hall–Kier alpha value is -1.03. The van der Waals surface area contributed by atoms with Crippen LogP contribution >= 0.6 is 0 Å². The van der Waals surface area contributed by atoms with Crippen LogP contribution in [0.1, 0.15) is 54.9 Å². The molecular formula is C16H31NO3. The predicted octanol–water partition coefficient (Wildman–Crippen LogP) is 3.80. The summed E-state index contributed by atoms with van der Waals surface area (Å²) in [5.41, 5.74) is 0. The van der Waals surface area contributed by atoms with Crippen molar-refractivity contribution in [3.63, 3.8) is 0 Å². The van der Waals surface area contributed by atoms with Crippen LogP contribution in [0.3, 0.4) is 0 Å². The average Bonchev–Trinajstić information content (AvgIpc) is 2.26. The highest BCUT2D eigenvalue weighted by molar-refractivity contribution is 5.68. The van der Waals surface area contributed by atoms with Crippen molar-refractivity contribution in [2.75, 3.05) is 0 Å². The zero-order valence-electron chi connectivity index (χ0n) is 14.0. The van der Waals surface area contributed by atoms with E-state index in [1.54, 1.807) is 11.0 Å². The molecule has 20 heavy (non-hydrogen) atoms. The van der Waals surface area contributed by atoms with Gasteiger partial charge >= 0.3 is 6.09 Å². The Morgan fingerprint density at radius 3 is 2.00 bits per heavy atom. The van der Waals surface area contributed by atoms with E-state index in [-0.39, 0.29) is 24.1 Å². The van der Waals surface area contributed by atoms with Gasteiger partial charge in [0.05, 0.1) is 12.4 Å². The maximum Gasteiger partial charge on any atom is 0.415 e. The Labute approximate surface area is 123 Å². The fourth-order valence-corrected chi connectivity index (χ4v) is 2.13. The lowest BCUT2D eigenvalue weighted by Crippen LogP contribution is -2.41. The van der Waals surface area contributed by atoms with Gasteiger partial charge in [0.25, 0.3) is 0 Å². The van der Waals surface area contributed by atoms with Crippen LogP contribution in [0.4, 0.5) is 4.79 Å². The van der Waals surface area contributed by atoms with Crippen LogP contribution in [0, 0.1) is 11.8 Å². The first kappa shape index (κ1) is 19.0. The van der Waals surface area contributed by atoms with Crippen LogP contribution in [0.2, 0.25) is 0 Å². The van der Waals surface area contributed by atoms with Crippen LogP contribution in [0.15, 0.2) is 12.3 Å². The van der Waals surface area contributed by atoms with E-state index in [1.165, 1.54) is 6.26 Å². The Morgan fingerprint density at radius 2 is 1.60 bits per heavy atom. The van der Waals surface area contributed by atoms with Crippen LogP contribution in [-0.4, -0.2) is 34.3 Å². The third-order valence-corrected chi connectivity index (χ3v) is 3.19. The predicted molar refractivity (Wildman–Crippen MR) is 82.4 cm³/mol. The molecule has 1 amide bonds. The Bertz CT molecular complexity index is 303. The van der Waals surface area contributed by atoms with E-state index >= 15 is 0 Å². The molecule has 0 unspecified atom stereocenters. The number of carbonyl (C=O) groups is 1. The molecule has 0 saturated heterocycles. The molecule has 0 heterocycles. The Balaban J connectivity index is 4.38. The number of aliphatic hydroxyl groups excluding tert-OH is 1. The zero-order chi connectivity index (χ0) is 15.9. The van der Waals surface area contributed by atoms with E-state index in [9.17, 15) is 9.90 Å². The number of hydrogen-bond acceptors (Lipinski definition) is 3. The van der Waals surface area contributed by atoms with Gasteiger partial charge in [-0.2, -0.15) is 0 Å². The normalized spacial score (nSPS) is 15.2. The van der Waals surface area contributed by atoms with Crippen molar-refractivity contribution in [3.8, 4) is 0 Å². The number of ether oxygens (including phenoxy) is 1. The third-order valence-electron chi connectivity index (χ3n) is 3.19. The molecule has 1 N–H and O–H groups in total. The average molecular weight is 285 g/mol. The van der Waals surface area contributed by atoms with Crippen LogP contribution in [0.5, 0.6) is 0 Å². The molecular weight excluding hydrogens is 254 g/mol. The summed E-state index contributed by atoms with van der Waals surface area (Å²) in [7, 11) is 0. The van der Waals surface area contributed by atoms with Gasteiger partial charge < -0.3 is 14.7 Å². The summed E-state index contributed by atoms with van der Waals surface area (Å²) in [5.74, 6) is 0.414. The van der Waals surface area contributed by atoms with Gasteiger partial charge in [-0.3, -0.25) is 0 Å². The molecule has 4 heteroatoms. The molecule has 4 nitrogen and oxygen atoms in total. The maximum absolute atomic E-state index is 11.9. The summed E-state index contributed by atoms with van der Waals surface area (Å²) in [5, 5.41) is 9.94. The van der Waals surface area contributed by atoms with Crippen molar-refractivity contribution < 1.29 is 14.6 Å². The quantitative estimate of drug-likeness (QED) is 0.724. The second-order valence-electron chi connectivity index (χ2n) is 6.36. The van der Waals surface area contributed by atoms with Crippen LogP contribution in [0.25, 0.3) is 0 Å². The molecule has 0 aliphatic rings. The largest absolute Gasteiger partial charge is 0.418 e. The summed E-state index contributed by atoms with van der Waals surface area (Å²) < 4.78 is 5.15. The summed E-state index contributed by atoms with van der Waals surface area (Å²) in [6.45, 7) is 13.9. The van der Waals surface area contributed by atoms with E-state index in [0.717, 1.165) is 6.42 Å². The molecule has 0 saturated carbocycles. The van der Waals surface area contributed by atoms with Gasteiger partial charge in [0.2, 0.25) is 0 Å². The minimum atomic E-state index is -0.406. The van der Waals surface area contributed by atoms with Crippen LogP contribution in [-0.2, 0) is 4.74 Å². The summed E-state index contributed by atoms with van der Waals surface area (Å²) in [6.07, 6.45) is 3.12. The molecule has 0 aliphatic carbocycles. The topological polar surface area (TPSA) is 49.8 Å². The van der Waals surface area contributed by atoms with Gasteiger partial charge in [0, 0.05) is 18.0 Å². The van der Waals surface area contributed by atoms with Gasteiger partial charge in [-0.1, -0.05) is 20.8 Å². The highest BCUT2D eigenvalue weighted by atomic mass is 16.5. The van der Waals surface area contributed by atoms with E-state index in [0.29, 0.717) is 5.92 Å². The second-order valence-corrected chi connectivity index (χ2v) is 6.36. The molecule has 0 aromatic rings. The highest BCUT2D eigenvalue weighted by Crippen LogP contribution is 2.14. The van der Waals surface area contributed by atoms with Crippen molar-refractivity contribution >= 4 is 6.09 Å². The van der Waals surface area contributed by atoms with Crippen molar-refractivity contribution in [3.05, 3.63) is 12.3 Å². The van der Waals surface area contributed by atoms with E-state index in [2.05, 4.69) is 13.8 Å². The monoisotopic (exact) mass is 285 g/mol. The lowest BCUT2D eigenvalue weighted by molar-refractivity contribution is 0.103. The summed E-state index contributed by atoms with van der Waals surface area (Å²) >= 11 is 0. The molecule has 0 aliphatic heterocycles. The number of hydrogen-bond donors (Lipinski definition) is 1. The van der Waals surface area contributed by atoms with Crippen molar-refractivity contribution in [2.45, 2.75) is 73.1 Å². The fourth-order valence-electron chi connectivity index (χ4n) is 2.13. The van der Waals surface area contributed by atoms with E-state index in [1.807, 2.05) is 34.6 Å². The fraction of sp³-hybridized carbons (Fsp3) is 0.812. The summed E-state index contributed by atoms with van der Waals surface area (Å²) in [4.78, 5) is 13.6. The van der Waals surface area contributed by atoms with E-state index in [4.69, 9.17) is 4.74 Å². The van der Waals surface area contributed by atoms with Crippen molar-refractivity contribution in [1.82, 2.24) is 4.90 Å². The highest BCUT2D eigenvalue weighted by Gasteiger charge is 2.21. The zero-order valence-corrected chi connectivity index (χ0v) is 14.0. The Morgan fingerprint density at radius 1 is 1.10 bits per heavy atom. The number of rotatable bonds is 7. The molecule has 0 bridgehead atoms. The Kier molecular flexibility index (Phi) is 8.54. The van der Waals surface area contributed by atoms with Gasteiger partial charge in [0.1, 0.15) is 0 Å². The van der Waals surface area contributed by atoms with Gasteiger partial charge in [-0.25, -0.2) is 4.79 Å². The number of nitrogens with zero attached hydrogens (tertiary/aromatic N) is 1. The van der Waals surface area contributed by atoms with Gasteiger partial charge in [0.15, 0.2) is 0 Å². The molecule has 0 radical (unpaired) electrons. The lowest BCUT2D eigenvalue weighted by Gasteiger charge is -2.29. The van der Waals surface area contributed by atoms with Crippen LogP contribution < -0.4 is 0 Å². The second kappa shape index (κ2) is 9.01. The van der Waals surface area contributed by atoms with Gasteiger partial charge in [-0.15, -0.1) is 0 Å². The van der Waals surface area contributed by atoms with Crippen molar-refractivity contribution in [2.24, 2.45) is 11.8 Å². The minimum Gasteiger partial charge on any atom is -0.418 e. The molecule has 0 aromatic heterocycles. The molecule has 0 fully saturated rings.